The van der Waals surface area contributed by atoms with Crippen LogP contribution in [0.25, 0.3) is 0 Å². The number of amidine groups is 1. The van der Waals surface area contributed by atoms with Gasteiger partial charge in [0.15, 0.2) is 5.84 Å². The number of nitrogens with zero attached hydrogens (tertiary/aromatic N) is 2. The molecule has 1 aliphatic rings. The number of carbonyl (C=O) groups is 1. The Kier molecular flexibility index (Phi) is 14.0. The smallest absolute Gasteiger partial charge is 0.217 e. The first kappa shape index (κ1) is 24.9. The topological polar surface area (TPSA) is 41.5 Å². The van der Waals surface area contributed by atoms with Gasteiger partial charge in [-0.05, 0) is 33.1 Å². The number of nitrogens with one attached hydrogen (secondary N) is 1. The number of carbonyl (C=O) groups excluding carboxylic acids is 1. The van der Waals surface area contributed by atoms with E-state index >= 15 is 0 Å². The maximum atomic E-state index is 11.1. The summed E-state index contributed by atoms with van der Waals surface area (Å²) in [4.78, 5) is 16.0. The molecular weight excluding hydrogens is 346 g/mol. The number of unbranched alkanes of at least 4 members (excludes halogenated alkanes) is 10. The Morgan fingerprint density at radius 1 is 1.04 bits per heavy atom. The van der Waals surface area contributed by atoms with Gasteiger partial charge in [0.05, 0.1) is 19.6 Å². The standard InChI is InChI=1S/C24H45N3O/c1-4-6-7-8-9-10-11-12-13-14-15-16-17-18-24-26-20-22-27(24,5-2)21-19-25-23(3)28/h4,6H,5,7-22H2,1-3H3/p+1/b6-4+. The molecule has 0 bridgehead atoms. The molecule has 1 rings (SSSR count). The molecule has 1 aliphatic heterocycles. The molecule has 4 nitrogen and oxygen atoms in total. The van der Waals surface area contributed by atoms with Gasteiger partial charge in [-0.3, -0.25) is 9.28 Å². The SMILES string of the molecule is C/C=C/CCCCCCCCCCCCC1=NCC[N+]1(CC)CCNC(C)=O. The third-order valence-corrected chi connectivity index (χ3v) is 6.15. The summed E-state index contributed by atoms with van der Waals surface area (Å²) >= 11 is 0. The van der Waals surface area contributed by atoms with Crippen LogP contribution in [0.2, 0.25) is 0 Å². The average molecular weight is 393 g/mol. The number of hydrogen-bond acceptors (Lipinski definition) is 2. The number of quaternary nitrogens is 1. The molecule has 0 aromatic rings. The van der Waals surface area contributed by atoms with Crippen molar-refractivity contribution in [2.45, 2.75) is 97.8 Å². The molecule has 1 amide bonds. The molecule has 28 heavy (non-hydrogen) atoms. The summed E-state index contributed by atoms with van der Waals surface area (Å²) in [7, 11) is 0. The zero-order valence-electron chi connectivity index (χ0n) is 19.0. The second kappa shape index (κ2) is 15.7. The zero-order valence-corrected chi connectivity index (χ0v) is 19.0. The maximum Gasteiger partial charge on any atom is 0.217 e. The highest BCUT2D eigenvalue weighted by molar-refractivity contribution is 5.77. The Labute approximate surface area is 174 Å². The Morgan fingerprint density at radius 3 is 2.21 bits per heavy atom. The maximum absolute atomic E-state index is 11.1. The van der Waals surface area contributed by atoms with E-state index in [0.29, 0.717) is 0 Å². The van der Waals surface area contributed by atoms with Crippen molar-refractivity contribution in [3.05, 3.63) is 12.2 Å². The fourth-order valence-corrected chi connectivity index (χ4v) is 4.28. The van der Waals surface area contributed by atoms with Gasteiger partial charge in [0, 0.05) is 13.3 Å². The van der Waals surface area contributed by atoms with Crippen molar-refractivity contribution in [3.63, 3.8) is 0 Å². The second-order valence-corrected chi connectivity index (χ2v) is 8.33. The van der Waals surface area contributed by atoms with Gasteiger partial charge >= 0.3 is 0 Å². The summed E-state index contributed by atoms with van der Waals surface area (Å²) in [5.41, 5.74) is 0. The van der Waals surface area contributed by atoms with Crippen molar-refractivity contribution in [1.29, 1.82) is 0 Å². The van der Waals surface area contributed by atoms with Crippen molar-refractivity contribution < 1.29 is 9.28 Å². The Balaban J connectivity index is 2.04. The van der Waals surface area contributed by atoms with Crippen LogP contribution in [0.3, 0.4) is 0 Å². The van der Waals surface area contributed by atoms with Gasteiger partial charge in [0.2, 0.25) is 5.91 Å². The lowest BCUT2D eigenvalue weighted by atomic mass is 10.0. The molecule has 0 spiro atoms. The molecule has 0 aromatic heterocycles. The van der Waals surface area contributed by atoms with Crippen LogP contribution in [0.5, 0.6) is 0 Å². The summed E-state index contributed by atoms with van der Waals surface area (Å²) in [6.07, 6.45) is 20.6. The first-order valence-corrected chi connectivity index (χ1v) is 11.9. The van der Waals surface area contributed by atoms with E-state index in [-0.39, 0.29) is 5.91 Å². The van der Waals surface area contributed by atoms with E-state index in [2.05, 4.69) is 31.3 Å². The van der Waals surface area contributed by atoms with Gasteiger partial charge in [0.25, 0.3) is 0 Å². The number of likely N-dealkylation sites (N-methyl/N-ethyl adjacent to an activating group) is 1. The van der Waals surface area contributed by atoms with Crippen LogP contribution >= 0.6 is 0 Å². The predicted octanol–water partition coefficient (Wildman–Crippen LogP) is 5.63. The highest BCUT2D eigenvalue weighted by Gasteiger charge is 2.35. The molecule has 1 heterocycles. The fraction of sp³-hybridized carbons (Fsp3) is 0.833. The molecule has 0 saturated heterocycles. The fourth-order valence-electron chi connectivity index (χ4n) is 4.28. The monoisotopic (exact) mass is 392 g/mol. The number of allylic oxidation sites excluding steroid dienone is 2. The van der Waals surface area contributed by atoms with Crippen LogP contribution in [0.15, 0.2) is 17.1 Å². The Bertz CT molecular complexity index is 472. The van der Waals surface area contributed by atoms with Crippen LogP contribution in [-0.4, -0.2) is 48.9 Å². The largest absolute Gasteiger partial charge is 0.351 e. The predicted molar refractivity (Wildman–Crippen MR) is 122 cm³/mol. The molecule has 0 aliphatic carbocycles. The number of hydrogen-bond donors (Lipinski definition) is 1. The van der Waals surface area contributed by atoms with Crippen molar-refractivity contribution in [1.82, 2.24) is 5.32 Å². The highest BCUT2D eigenvalue weighted by atomic mass is 16.1. The van der Waals surface area contributed by atoms with Crippen LogP contribution in [0.1, 0.15) is 97.8 Å². The van der Waals surface area contributed by atoms with Gasteiger partial charge in [-0.15, -0.1) is 0 Å². The molecular formula is C24H46N3O+. The van der Waals surface area contributed by atoms with E-state index in [9.17, 15) is 4.79 Å². The lowest BCUT2D eigenvalue weighted by Gasteiger charge is -2.33. The second-order valence-electron chi connectivity index (χ2n) is 8.33. The third-order valence-electron chi connectivity index (χ3n) is 6.15. The van der Waals surface area contributed by atoms with Crippen molar-refractivity contribution in [2.75, 3.05) is 32.7 Å². The van der Waals surface area contributed by atoms with Gasteiger partial charge in [-0.25, -0.2) is 4.99 Å². The molecule has 1 unspecified atom stereocenters. The van der Waals surface area contributed by atoms with Gasteiger partial charge in [0.1, 0.15) is 13.1 Å². The Morgan fingerprint density at radius 2 is 1.64 bits per heavy atom. The van der Waals surface area contributed by atoms with Gasteiger partial charge in [-0.2, -0.15) is 0 Å². The van der Waals surface area contributed by atoms with E-state index in [0.717, 1.165) is 43.6 Å². The number of amides is 1. The third kappa shape index (κ3) is 10.4. The zero-order chi connectivity index (χ0) is 20.5. The summed E-state index contributed by atoms with van der Waals surface area (Å²) in [6, 6.07) is 0. The van der Waals surface area contributed by atoms with Crippen LogP contribution < -0.4 is 5.32 Å². The molecule has 162 valence electrons. The number of rotatable bonds is 17. The van der Waals surface area contributed by atoms with Crippen LogP contribution in [0, 0.1) is 0 Å². The normalized spacial score (nSPS) is 19.3. The van der Waals surface area contributed by atoms with E-state index in [1.807, 2.05) is 0 Å². The number of aliphatic imine (C=N–C) groups is 1. The molecule has 4 heteroatoms. The van der Waals surface area contributed by atoms with E-state index in [1.165, 1.54) is 76.5 Å². The first-order valence-electron chi connectivity index (χ1n) is 11.9. The summed E-state index contributed by atoms with van der Waals surface area (Å²) in [5.74, 6) is 1.45. The summed E-state index contributed by atoms with van der Waals surface area (Å²) in [6.45, 7) is 10.9. The Hall–Kier alpha value is -1.16. The molecule has 0 saturated carbocycles. The van der Waals surface area contributed by atoms with Crippen LogP contribution in [0.4, 0.5) is 0 Å². The van der Waals surface area contributed by atoms with Crippen LogP contribution in [-0.2, 0) is 4.79 Å². The van der Waals surface area contributed by atoms with Crippen molar-refractivity contribution in [3.8, 4) is 0 Å². The van der Waals surface area contributed by atoms with E-state index < -0.39 is 0 Å². The minimum Gasteiger partial charge on any atom is -0.351 e. The minimum atomic E-state index is 0.0700. The molecule has 0 fully saturated rings. The average Bonchev–Trinajstić information content (AvgIpc) is 3.08. The summed E-state index contributed by atoms with van der Waals surface area (Å²) in [5, 5.41) is 2.96. The molecule has 0 radical (unpaired) electrons. The molecule has 1 N–H and O–H groups in total. The van der Waals surface area contributed by atoms with E-state index in [1.54, 1.807) is 6.92 Å². The van der Waals surface area contributed by atoms with Crippen molar-refractivity contribution in [2.24, 2.45) is 4.99 Å². The first-order chi connectivity index (χ1) is 13.6. The van der Waals surface area contributed by atoms with Crippen molar-refractivity contribution >= 4 is 11.7 Å². The quantitative estimate of drug-likeness (QED) is 0.195. The lowest BCUT2D eigenvalue weighted by Crippen LogP contribution is -2.54. The summed E-state index contributed by atoms with van der Waals surface area (Å²) < 4.78 is 0.994. The lowest BCUT2D eigenvalue weighted by molar-refractivity contribution is -0.833. The molecule has 1 atom stereocenters. The highest BCUT2D eigenvalue weighted by Crippen LogP contribution is 2.20. The molecule has 0 aromatic carbocycles. The minimum absolute atomic E-state index is 0.0700. The van der Waals surface area contributed by atoms with Gasteiger partial charge in [-0.1, -0.05) is 63.5 Å². The van der Waals surface area contributed by atoms with Gasteiger partial charge < -0.3 is 5.32 Å². The van der Waals surface area contributed by atoms with E-state index in [4.69, 9.17) is 4.99 Å².